The van der Waals surface area contributed by atoms with Crippen LogP contribution in [0.5, 0.6) is 0 Å². The van der Waals surface area contributed by atoms with Crippen LogP contribution >= 0.6 is 11.3 Å². The maximum Gasteiger partial charge on any atom is 0.174 e. The highest BCUT2D eigenvalue weighted by Crippen LogP contribution is 2.35. The Bertz CT molecular complexity index is 813. The van der Waals surface area contributed by atoms with Crippen LogP contribution in [0.4, 0.5) is 0 Å². The molecule has 2 nitrogen and oxygen atoms in total. The first-order valence-electron chi connectivity index (χ1n) is 6.84. The Kier molecular flexibility index (Phi) is 2.67. The molecule has 1 aromatic heterocycles. The molecule has 1 heterocycles. The molecule has 3 heteroatoms. The molecule has 0 atom stereocenters. The number of carbonyl (C=O) groups excluding carboxylic acids is 1. The van der Waals surface area contributed by atoms with Gasteiger partial charge in [0, 0.05) is 12.0 Å². The number of fused-ring (bicyclic) bond motifs is 2. The van der Waals surface area contributed by atoms with Gasteiger partial charge < -0.3 is 0 Å². The van der Waals surface area contributed by atoms with E-state index in [4.69, 9.17) is 4.98 Å². The Morgan fingerprint density at radius 3 is 2.75 bits per heavy atom. The summed E-state index contributed by atoms with van der Waals surface area (Å²) in [6.45, 7) is 0. The quantitative estimate of drug-likeness (QED) is 0.657. The van der Waals surface area contributed by atoms with Gasteiger partial charge in [-0.2, -0.15) is 0 Å². The highest BCUT2D eigenvalue weighted by Gasteiger charge is 2.22. The van der Waals surface area contributed by atoms with Crippen molar-refractivity contribution in [2.75, 3.05) is 0 Å². The van der Waals surface area contributed by atoms with E-state index < -0.39 is 0 Å². The van der Waals surface area contributed by atoms with Crippen molar-refractivity contribution in [1.29, 1.82) is 0 Å². The second-order valence-corrected chi connectivity index (χ2v) is 6.10. The van der Waals surface area contributed by atoms with E-state index in [1.165, 1.54) is 10.8 Å². The van der Waals surface area contributed by atoms with Crippen molar-refractivity contribution in [1.82, 2.24) is 4.98 Å². The van der Waals surface area contributed by atoms with Crippen molar-refractivity contribution < 1.29 is 4.79 Å². The van der Waals surface area contributed by atoms with Gasteiger partial charge in [0.05, 0.1) is 10.6 Å². The summed E-state index contributed by atoms with van der Waals surface area (Å²) in [7, 11) is 0. The van der Waals surface area contributed by atoms with Gasteiger partial charge in [0.25, 0.3) is 0 Å². The Morgan fingerprint density at radius 1 is 1.00 bits per heavy atom. The number of Topliss-reactive ketones (excluding diaryl/α,β-unsaturated/α-hetero) is 1. The maximum absolute atomic E-state index is 12.0. The third-order valence-electron chi connectivity index (χ3n) is 3.79. The van der Waals surface area contributed by atoms with Gasteiger partial charge in [-0.3, -0.25) is 4.79 Å². The third kappa shape index (κ3) is 1.78. The molecule has 1 aliphatic carbocycles. The van der Waals surface area contributed by atoms with E-state index in [0.29, 0.717) is 6.42 Å². The minimum atomic E-state index is 0.259. The Balaban J connectivity index is 1.94. The summed E-state index contributed by atoms with van der Waals surface area (Å²) in [6.07, 6.45) is 2.54. The molecule has 4 rings (SSSR count). The molecule has 0 saturated heterocycles. The van der Waals surface area contributed by atoms with Crippen molar-refractivity contribution in [3.8, 4) is 10.6 Å². The van der Waals surface area contributed by atoms with E-state index in [0.717, 1.165) is 34.0 Å². The molecular weight excluding hydrogens is 266 g/mol. The topological polar surface area (TPSA) is 30.0 Å². The van der Waals surface area contributed by atoms with Crippen LogP contribution in [-0.2, 0) is 6.42 Å². The molecule has 0 unspecified atom stereocenters. The van der Waals surface area contributed by atoms with Crippen LogP contribution in [-0.4, -0.2) is 10.8 Å². The number of rotatable bonds is 1. The van der Waals surface area contributed by atoms with Crippen molar-refractivity contribution in [3.63, 3.8) is 0 Å². The fraction of sp³-hybridized carbons (Fsp3) is 0.176. The lowest BCUT2D eigenvalue weighted by molar-refractivity contribution is 0.0976. The molecular formula is C17H13NOS. The molecule has 2 aromatic carbocycles. The summed E-state index contributed by atoms with van der Waals surface area (Å²) >= 11 is 1.55. The summed E-state index contributed by atoms with van der Waals surface area (Å²) in [6, 6.07) is 14.6. The van der Waals surface area contributed by atoms with Crippen molar-refractivity contribution >= 4 is 27.9 Å². The Labute approximate surface area is 121 Å². The first-order chi connectivity index (χ1) is 9.83. The molecule has 0 fully saturated rings. The van der Waals surface area contributed by atoms with Crippen molar-refractivity contribution in [2.45, 2.75) is 19.3 Å². The molecule has 0 spiro atoms. The number of aromatic nitrogens is 1. The van der Waals surface area contributed by atoms with E-state index in [1.54, 1.807) is 11.3 Å². The van der Waals surface area contributed by atoms with Gasteiger partial charge in [0.15, 0.2) is 5.78 Å². The van der Waals surface area contributed by atoms with Gasteiger partial charge in [0.1, 0.15) is 5.01 Å². The second-order valence-electron chi connectivity index (χ2n) is 5.10. The number of hydrogen-bond donors (Lipinski definition) is 0. The van der Waals surface area contributed by atoms with Gasteiger partial charge in [-0.05, 0) is 23.6 Å². The minimum Gasteiger partial charge on any atom is -0.293 e. The monoisotopic (exact) mass is 279 g/mol. The lowest BCUT2D eigenvalue weighted by Crippen LogP contribution is -2.07. The van der Waals surface area contributed by atoms with Crippen LogP contribution in [0.1, 0.15) is 28.2 Å². The molecule has 3 aromatic rings. The molecule has 0 saturated carbocycles. The Hall–Kier alpha value is -2.00. The van der Waals surface area contributed by atoms with E-state index in [-0.39, 0.29) is 5.78 Å². The predicted molar refractivity (Wildman–Crippen MR) is 82.3 cm³/mol. The summed E-state index contributed by atoms with van der Waals surface area (Å²) in [5, 5.41) is 3.39. The average molecular weight is 279 g/mol. The normalized spacial score (nSPS) is 14.5. The standard InChI is InChI=1S/C17H13NOS/c19-15-10-4-9-14-16(15)20-17(18-14)13-8-3-6-11-5-1-2-7-12(11)13/h1-3,5-8H,4,9-10H2. The summed E-state index contributed by atoms with van der Waals surface area (Å²) in [5.74, 6) is 0.259. The number of thiazole rings is 1. The number of carbonyl (C=O) groups is 1. The minimum absolute atomic E-state index is 0.259. The molecule has 0 amide bonds. The number of aryl methyl sites for hydroxylation is 1. The summed E-state index contributed by atoms with van der Waals surface area (Å²) in [4.78, 5) is 17.6. The van der Waals surface area contributed by atoms with Crippen LogP contribution in [0, 0.1) is 0 Å². The van der Waals surface area contributed by atoms with Gasteiger partial charge in [0.2, 0.25) is 0 Å². The number of benzene rings is 2. The molecule has 98 valence electrons. The maximum atomic E-state index is 12.0. The molecule has 20 heavy (non-hydrogen) atoms. The SMILES string of the molecule is O=C1CCCc2nc(-c3cccc4ccccc34)sc21. The molecule has 0 aliphatic heterocycles. The van der Waals surface area contributed by atoms with E-state index >= 15 is 0 Å². The zero-order chi connectivity index (χ0) is 13.5. The molecule has 0 radical (unpaired) electrons. The van der Waals surface area contributed by atoms with Gasteiger partial charge >= 0.3 is 0 Å². The first-order valence-corrected chi connectivity index (χ1v) is 7.65. The highest BCUT2D eigenvalue weighted by atomic mass is 32.1. The van der Waals surface area contributed by atoms with E-state index in [2.05, 4.69) is 30.3 Å². The zero-order valence-corrected chi connectivity index (χ0v) is 11.7. The van der Waals surface area contributed by atoms with Crippen molar-refractivity contribution in [3.05, 3.63) is 53.0 Å². The Morgan fingerprint density at radius 2 is 1.85 bits per heavy atom. The van der Waals surface area contributed by atoms with Gasteiger partial charge in [-0.15, -0.1) is 11.3 Å². The summed E-state index contributed by atoms with van der Waals surface area (Å²) in [5.41, 5.74) is 2.13. The molecule has 1 aliphatic rings. The average Bonchev–Trinajstić information content (AvgIpc) is 2.92. The lowest BCUT2D eigenvalue weighted by atomic mass is 10.0. The molecule has 0 bridgehead atoms. The largest absolute Gasteiger partial charge is 0.293 e. The third-order valence-corrected chi connectivity index (χ3v) is 4.96. The number of nitrogens with zero attached hydrogens (tertiary/aromatic N) is 1. The second kappa shape index (κ2) is 4.53. The first kappa shape index (κ1) is 11.8. The molecule has 0 N–H and O–H groups in total. The number of hydrogen-bond acceptors (Lipinski definition) is 3. The van der Waals surface area contributed by atoms with Crippen molar-refractivity contribution in [2.24, 2.45) is 0 Å². The number of ketones is 1. The zero-order valence-electron chi connectivity index (χ0n) is 10.9. The smallest absolute Gasteiger partial charge is 0.174 e. The predicted octanol–water partition coefficient (Wildman–Crippen LogP) is 4.48. The highest BCUT2D eigenvalue weighted by molar-refractivity contribution is 7.17. The van der Waals surface area contributed by atoms with Crippen LogP contribution in [0.25, 0.3) is 21.3 Å². The van der Waals surface area contributed by atoms with Gasteiger partial charge in [-0.25, -0.2) is 4.98 Å². The lowest BCUT2D eigenvalue weighted by Gasteiger charge is -2.06. The van der Waals surface area contributed by atoms with Crippen LogP contribution in [0.3, 0.4) is 0 Å². The van der Waals surface area contributed by atoms with E-state index in [9.17, 15) is 4.79 Å². The fourth-order valence-electron chi connectivity index (χ4n) is 2.80. The van der Waals surface area contributed by atoms with Crippen LogP contribution in [0.2, 0.25) is 0 Å². The van der Waals surface area contributed by atoms with Gasteiger partial charge in [-0.1, -0.05) is 42.5 Å². The van der Waals surface area contributed by atoms with Crippen LogP contribution < -0.4 is 0 Å². The van der Waals surface area contributed by atoms with Crippen LogP contribution in [0.15, 0.2) is 42.5 Å². The van der Waals surface area contributed by atoms with E-state index in [1.807, 2.05) is 12.1 Å². The summed E-state index contributed by atoms with van der Waals surface area (Å²) < 4.78 is 0. The fourth-order valence-corrected chi connectivity index (χ4v) is 3.91.